The van der Waals surface area contributed by atoms with Gasteiger partial charge in [-0.3, -0.25) is 14.7 Å². The number of benzene rings is 1. The summed E-state index contributed by atoms with van der Waals surface area (Å²) in [6.07, 6.45) is 1.90. The molecule has 1 aromatic carbocycles. The number of likely N-dealkylation sites (tertiary alicyclic amines) is 1. The number of carbonyl (C=O) groups excluding carboxylic acids is 1. The number of nitriles is 1. The number of halogens is 1. The Morgan fingerprint density at radius 1 is 1.36 bits per heavy atom. The van der Waals surface area contributed by atoms with E-state index >= 15 is 0 Å². The zero-order valence-electron chi connectivity index (χ0n) is 14.4. The fourth-order valence-corrected chi connectivity index (χ4v) is 2.73. The number of nitrogens with two attached hydrogens (primary N) is 1. The Morgan fingerprint density at radius 3 is 2.52 bits per heavy atom. The van der Waals surface area contributed by atoms with Crippen LogP contribution in [-0.2, 0) is 11.3 Å². The van der Waals surface area contributed by atoms with Crippen molar-refractivity contribution in [3.8, 4) is 6.07 Å². The fourth-order valence-electron chi connectivity index (χ4n) is 2.73. The Bertz CT molecular complexity index is 617. The number of guanidine groups is 1. The summed E-state index contributed by atoms with van der Waals surface area (Å²) in [5, 5.41) is 15.5. The molecule has 0 bridgehead atoms. The molecule has 1 aromatic rings. The summed E-state index contributed by atoms with van der Waals surface area (Å²) in [4.78, 5) is 17.3. The van der Waals surface area contributed by atoms with Crippen LogP contribution in [-0.4, -0.2) is 49.5 Å². The van der Waals surface area contributed by atoms with E-state index in [1.54, 1.807) is 7.05 Å². The lowest BCUT2D eigenvalue weighted by atomic mass is 10.1. The topological polar surface area (TPSA) is 107 Å². The monoisotopic (exact) mass is 456 g/mol. The zero-order valence-corrected chi connectivity index (χ0v) is 16.7. The zero-order chi connectivity index (χ0) is 17.4. The van der Waals surface area contributed by atoms with Crippen LogP contribution in [0.5, 0.6) is 0 Å². The second-order valence-corrected chi connectivity index (χ2v) is 5.90. The van der Waals surface area contributed by atoms with Crippen molar-refractivity contribution in [1.82, 2.24) is 15.5 Å². The molecule has 0 unspecified atom stereocenters. The van der Waals surface area contributed by atoms with E-state index < -0.39 is 0 Å². The largest absolute Gasteiger partial charge is 0.369 e. The van der Waals surface area contributed by atoms with Gasteiger partial charge in [0.15, 0.2) is 5.96 Å². The Labute approximate surface area is 165 Å². The van der Waals surface area contributed by atoms with E-state index in [4.69, 9.17) is 11.0 Å². The van der Waals surface area contributed by atoms with Gasteiger partial charge < -0.3 is 16.4 Å². The SMILES string of the molecule is CN=C(NCc1ccc(C#N)cc1)NC1CCN(CC(N)=O)CC1.I. The molecule has 1 fully saturated rings. The summed E-state index contributed by atoms with van der Waals surface area (Å²) in [6.45, 7) is 2.69. The van der Waals surface area contributed by atoms with Crippen LogP contribution in [0.3, 0.4) is 0 Å². The van der Waals surface area contributed by atoms with Gasteiger partial charge in [-0.25, -0.2) is 0 Å². The van der Waals surface area contributed by atoms with Crippen molar-refractivity contribution in [3.05, 3.63) is 35.4 Å². The fraction of sp³-hybridized carbons (Fsp3) is 0.471. The van der Waals surface area contributed by atoms with Gasteiger partial charge in [0.1, 0.15) is 0 Å². The van der Waals surface area contributed by atoms with Gasteiger partial charge in [-0.2, -0.15) is 5.26 Å². The molecular weight excluding hydrogens is 431 g/mol. The number of nitrogens with one attached hydrogen (secondary N) is 2. The molecule has 2 rings (SSSR count). The lowest BCUT2D eigenvalue weighted by Crippen LogP contribution is -2.49. The van der Waals surface area contributed by atoms with Crippen LogP contribution >= 0.6 is 24.0 Å². The summed E-state index contributed by atoms with van der Waals surface area (Å²) in [7, 11) is 1.75. The Hall–Kier alpha value is -1.86. The number of hydrogen-bond donors (Lipinski definition) is 3. The molecule has 0 spiro atoms. The molecule has 8 heteroatoms. The van der Waals surface area contributed by atoms with Crippen molar-refractivity contribution < 1.29 is 4.79 Å². The third kappa shape index (κ3) is 7.27. The van der Waals surface area contributed by atoms with Crippen molar-refractivity contribution in [2.75, 3.05) is 26.7 Å². The highest BCUT2D eigenvalue weighted by molar-refractivity contribution is 14.0. The molecule has 0 saturated carbocycles. The predicted molar refractivity (Wildman–Crippen MR) is 109 cm³/mol. The lowest BCUT2D eigenvalue weighted by molar-refractivity contribution is -0.119. The van der Waals surface area contributed by atoms with Gasteiger partial charge in [0.05, 0.1) is 18.2 Å². The average Bonchev–Trinajstić information content (AvgIpc) is 2.60. The quantitative estimate of drug-likeness (QED) is 0.345. The summed E-state index contributed by atoms with van der Waals surface area (Å²) >= 11 is 0. The lowest BCUT2D eigenvalue weighted by Gasteiger charge is -2.32. The van der Waals surface area contributed by atoms with Crippen LogP contribution in [0.4, 0.5) is 0 Å². The van der Waals surface area contributed by atoms with Crippen molar-refractivity contribution in [2.45, 2.75) is 25.4 Å². The molecule has 1 aliphatic heterocycles. The van der Waals surface area contributed by atoms with Gasteiger partial charge in [0.25, 0.3) is 0 Å². The molecular formula is C17H25IN6O. The number of piperidine rings is 1. The minimum absolute atomic E-state index is 0. The van der Waals surface area contributed by atoms with Crippen LogP contribution < -0.4 is 16.4 Å². The highest BCUT2D eigenvalue weighted by Gasteiger charge is 2.20. The summed E-state index contributed by atoms with van der Waals surface area (Å²) in [5.74, 6) is 0.481. The van der Waals surface area contributed by atoms with E-state index in [0.717, 1.165) is 37.5 Å². The van der Waals surface area contributed by atoms with Gasteiger partial charge in [-0.1, -0.05) is 12.1 Å². The van der Waals surface area contributed by atoms with Crippen molar-refractivity contribution >= 4 is 35.8 Å². The smallest absolute Gasteiger partial charge is 0.231 e. The van der Waals surface area contributed by atoms with E-state index in [1.165, 1.54) is 0 Å². The number of amides is 1. The number of primary amides is 1. The predicted octanol–water partition coefficient (Wildman–Crippen LogP) is 0.791. The number of aliphatic imine (C=N–C) groups is 1. The molecule has 0 aromatic heterocycles. The second-order valence-electron chi connectivity index (χ2n) is 5.90. The molecule has 25 heavy (non-hydrogen) atoms. The van der Waals surface area contributed by atoms with Crippen molar-refractivity contribution in [3.63, 3.8) is 0 Å². The van der Waals surface area contributed by atoms with Crippen LogP contribution in [0.1, 0.15) is 24.0 Å². The van der Waals surface area contributed by atoms with Gasteiger partial charge >= 0.3 is 0 Å². The van der Waals surface area contributed by atoms with Crippen LogP contribution in [0.15, 0.2) is 29.3 Å². The number of nitrogens with zero attached hydrogens (tertiary/aromatic N) is 3. The Kier molecular flexibility index (Phi) is 9.23. The molecule has 0 radical (unpaired) electrons. The van der Waals surface area contributed by atoms with E-state index in [2.05, 4.69) is 26.6 Å². The minimum atomic E-state index is -0.277. The van der Waals surface area contributed by atoms with Crippen LogP contribution in [0.2, 0.25) is 0 Å². The van der Waals surface area contributed by atoms with Crippen molar-refractivity contribution in [1.29, 1.82) is 5.26 Å². The number of carbonyl (C=O) groups is 1. The molecule has 1 heterocycles. The summed E-state index contributed by atoms with van der Waals surface area (Å²) < 4.78 is 0. The van der Waals surface area contributed by atoms with Gasteiger partial charge in [0.2, 0.25) is 5.91 Å². The first-order valence-electron chi connectivity index (χ1n) is 8.07. The summed E-state index contributed by atoms with van der Waals surface area (Å²) in [6, 6.07) is 9.92. The normalized spacial score (nSPS) is 15.8. The molecule has 1 amide bonds. The first-order chi connectivity index (χ1) is 11.6. The summed E-state index contributed by atoms with van der Waals surface area (Å²) in [5.41, 5.74) is 6.98. The third-order valence-electron chi connectivity index (χ3n) is 4.07. The molecule has 4 N–H and O–H groups in total. The molecule has 7 nitrogen and oxygen atoms in total. The third-order valence-corrected chi connectivity index (χ3v) is 4.07. The average molecular weight is 456 g/mol. The first kappa shape index (κ1) is 21.2. The maximum atomic E-state index is 11.0. The van der Waals surface area contributed by atoms with E-state index in [0.29, 0.717) is 24.7 Å². The maximum Gasteiger partial charge on any atom is 0.231 e. The van der Waals surface area contributed by atoms with Gasteiger partial charge in [0, 0.05) is 32.7 Å². The standard InChI is InChI=1S/C17H24N6O.HI/c1-20-17(21-11-14-4-2-13(10-18)3-5-14)22-15-6-8-23(9-7-15)12-16(19)24;/h2-5,15H,6-9,11-12H2,1H3,(H2,19,24)(H2,20,21,22);1H. The highest BCUT2D eigenvalue weighted by Crippen LogP contribution is 2.09. The maximum absolute atomic E-state index is 11.0. The number of hydrogen-bond acceptors (Lipinski definition) is 4. The Balaban J connectivity index is 0.00000312. The molecule has 136 valence electrons. The molecule has 0 atom stereocenters. The minimum Gasteiger partial charge on any atom is -0.369 e. The highest BCUT2D eigenvalue weighted by atomic mass is 127. The van der Waals surface area contributed by atoms with E-state index in [9.17, 15) is 4.79 Å². The van der Waals surface area contributed by atoms with Gasteiger partial charge in [-0.05, 0) is 30.5 Å². The van der Waals surface area contributed by atoms with Crippen LogP contribution in [0, 0.1) is 11.3 Å². The van der Waals surface area contributed by atoms with Crippen LogP contribution in [0.25, 0.3) is 0 Å². The van der Waals surface area contributed by atoms with E-state index in [-0.39, 0.29) is 29.9 Å². The number of rotatable bonds is 5. The molecule has 1 aliphatic rings. The molecule has 1 saturated heterocycles. The van der Waals surface area contributed by atoms with Crippen molar-refractivity contribution in [2.24, 2.45) is 10.7 Å². The Morgan fingerprint density at radius 2 is 2.00 bits per heavy atom. The van der Waals surface area contributed by atoms with Gasteiger partial charge in [-0.15, -0.1) is 24.0 Å². The van der Waals surface area contributed by atoms with E-state index in [1.807, 2.05) is 24.3 Å². The molecule has 0 aliphatic carbocycles. The first-order valence-corrected chi connectivity index (χ1v) is 8.07. The second kappa shape index (κ2) is 10.9.